The van der Waals surface area contributed by atoms with Crippen molar-refractivity contribution in [2.24, 2.45) is 9.98 Å². The second kappa shape index (κ2) is 10.1. The summed E-state index contributed by atoms with van der Waals surface area (Å²) in [5.41, 5.74) is 2.27. The van der Waals surface area contributed by atoms with Gasteiger partial charge < -0.3 is 21.5 Å². The predicted octanol–water partition coefficient (Wildman–Crippen LogP) is 1.16. The minimum Gasteiger partial charge on any atom is -1.00 e. The van der Waals surface area contributed by atoms with Gasteiger partial charge in [-0.05, 0) is 12.1 Å². The lowest BCUT2D eigenvalue weighted by molar-refractivity contribution is -0.903. The van der Waals surface area contributed by atoms with E-state index in [4.69, 9.17) is 0 Å². The normalized spacial score (nSPS) is 10.3. The van der Waals surface area contributed by atoms with E-state index >= 15 is 0 Å². The number of hydrogen-bond acceptors (Lipinski definition) is 2. The van der Waals surface area contributed by atoms with Gasteiger partial charge in [0.05, 0.1) is 38.9 Å². The number of para-hydroxylation sites is 1. The third-order valence-corrected chi connectivity index (χ3v) is 3.49. The summed E-state index contributed by atoms with van der Waals surface area (Å²) in [5, 5.41) is 0. The van der Waals surface area contributed by atoms with Gasteiger partial charge in [-0.1, -0.05) is 48.5 Å². The average molecular weight is 374 g/mol. The molecule has 0 unspecified atom stereocenters. The average Bonchev–Trinajstić information content (AvgIpc) is 2.52. The maximum absolute atomic E-state index is 4.25. The minimum absolute atomic E-state index is 0. The van der Waals surface area contributed by atoms with E-state index in [0.717, 1.165) is 36.2 Å². The molecular formula is C19H24BrN3. The van der Waals surface area contributed by atoms with E-state index in [2.05, 4.69) is 60.4 Å². The summed E-state index contributed by atoms with van der Waals surface area (Å²) >= 11 is 0. The zero-order chi connectivity index (χ0) is 15.7. The van der Waals surface area contributed by atoms with Crippen LogP contribution in [0.4, 0.5) is 5.69 Å². The molecule has 4 heteroatoms. The molecule has 0 radical (unpaired) electrons. The molecule has 0 aromatic heterocycles. The monoisotopic (exact) mass is 373 g/mol. The zero-order valence-electron chi connectivity index (χ0n) is 13.8. The zero-order valence-corrected chi connectivity index (χ0v) is 15.4. The second-order valence-corrected chi connectivity index (χ2v) is 6.09. The highest BCUT2D eigenvalue weighted by molar-refractivity contribution is 5.51. The van der Waals surface area contributed by atoms with Gasteiger partial charge in [0, 0.05) is 12.0 Å². The first-order chi connectivity index (χ1) is 10.7. The first-order valence-electron chi connectivity index (χ1n) is 7.69. The van der Waals surface area contributed by atoms with Crippen molar-refractivity contribution in [2.45, 2.75) is 13.0 Å². The lowest BCUT2D eigenvalue weighted by Gasteiger charge is -2.29. The van der Waals surface area contributed by atoms with Crippen LogP contribution < -0.4 is 17.0 Å². The van der Waals surface area contributed by atoms with Crippen molar-refractivity contribution in [1.29, 1.82) is 0 Å². The van der Waals surface area contributed by atoms with E-state index in [-0.39, 0.29) is 17.0 Å². The Bertz CT molecular complexity index is 618. The highest BCUT2D eigenvalue weighted by atomic mass is 79.9. The molecule has 0 N–H and O–H groups in total. The summed E-state index contributed by atoms with van der Waals surface area (Å²) in [5.74, 6) is 0. The third kappa shape index (κ3) is 7.89. The Labute approximate surface area is 149 Å². The molecule has 0 bridgehead atoms. The quantitative estimate of drug-likeness (QED) is 0.395. The van der Waals surface area contributed by atoms with E-state index < -0.39 is 0 Å². The standard InChI is InChI=1S/C19H24N3.BrH/c1-22(2,16-18-10-5-3-6-11-18)15-9-14-20-17-21-19-12-7-4-8-13-19;/h3-8,10-13H,9,14-16H2,1-2H3;1H/q+1;/p-1. The fourth-order valence-electron chi connectivity index (χ4n) is 2.38. The largest absolute Gasteiger partial charge is 1.00 e. The molecule has 0 atom stereocenters. The summed E-state index contributed by atoms with van der Waals surface area (Å²) in [6.07, 6.45) is 1.04. The van der Waals surface area contributed by atoms with Gasteiger partial charge in [-0.3, -0.25) is 0 Å². The van der Waals surface area contributed by atoms with Crippen LogP contribution in [0.2, 0.25) is 0 Å². The van der Waals surface area contributed by atoms with Crippen molar-refractivity contribution in [3.63, 3.8) is 0 Å². The van der Waals surface area contributed by atoms with Crippen LogP contribution in [0.3, 0.4) is 0 Å². The van der Waals surface area contributed by atoms with Gasteiger partial charge >= 0.3 is 0 Å². The van der Waals surface area contributed by atoms with Crippen molar-refractivity contribution in [3.8, 4) is 0 Å². The molecule has 2 rings (SSSR count). The van der Waals surface area contributed by atoms with Crippen molar-refractivity contribution in [2.75, 3.05) is 27.2 Å². The molecule has 0 fully saturated rings. The molecule has 0 saturated carbocycles. The first-order valence-corrected chi connectivity index (χ1v) is 7.69. The summed E-state index contributed by atoms with van der Waals surface area (Å²) in [7, 11) is 4.52. The number of halogens is 1. The number of nitrogens with zero attached hydrogens (tertiary/aromatic N) is 3. The van der Waals surface area contributed by atoms with Gasteiger partial charge in [-0.15, -0.1) is 0 Å². The fraction of sp³-hybridized carbons (Fsp3) is 0.316. The molecule has 0 saturated heterocycles. The van der Waals surface area contributed by atoms with Gasteiger partial charge in [-0.2, -0.15) is 4.99 Å². The Hall–Kier alpha value is -1.74. The van der Waals surface area contributed by atoms with E-state index in [1.807, 2.05) is 30.3 Å². The fourth-order valence-corrected chi connectivity index (χ4v) is 2.38. The van der Waals surface area contributed by atoms with Crippen molar-refractivity contribution < 1.29 is 21.5 Å². The Morgan fingerprint density at radius 2 is 1.52 bits per heavy atom. The highest BCUT2D eigenvalue weighted by Gasteiger charge is 2.14. The maximum Gasteiger partial charge on any atom is 0.104 e. The van der Waals surface area contributed by atoms with Gasteiger partial charge in [-0.25, -0.2) is 4.99 Å². The lowest BCUT2D eigenvalue weighted by Crippen LogP contribution is -3.00. The van der Waals surface area contributed by atoms with E-state index in [1.165, 1.54) is 5.56 Å². The number of rotatable bonds is 7. The molecule has 2 aromatic carbocycles. The SMILES string of the molecule is C[N+](C)(CCCN=C=Nc1ccccc1)Cc1ccccc1.[Br-]. The summed E-state index contributed by atoms with van der Waals surface area (Å²) < 4.78 is 0.968. The smallest absolute Gasteiger partial charge is 0.104 e. The van der Waals surface area contributed by atoms with Crippen LogP contribution in [-0.4, -0.2) is 37.7 Å². The van der Waals surface area contributed by atoms with Crippen LogP contribution in [0.25, 0.3) is 0 Å². The number of quaternary nitrogens is 1. The summed E-state index contributed by atoms with van der Waals surface area (Å²) in [6.45, 7) is 2.90. The van der Waals surface area contributed by atoms with Crippen LogP contribution in [0.1, 0.15) is 12.0 Å². The van der Waals surface area contributed by atoms with E-state index in [0.29, 0.717) is 0 Å². The highest BCUT2D eigenvalue weighted by Crippen LogP contribution is 2.10. The molecule has 23 heavy (non-hydrogen) atoms. The molecule has 0 amide bonds. The van der Waals surface area contributed by atoms with Crippen LogP contribution in [0.15, 0.2) is 70.6 Å². The number of aliphatic imine (C=N–C) groups is 2. The first kappa shape index (κ1) is 19.3. The minimum atomic E-state index is 0. The Morgan fingerprint density at radius 3 is 2.17 bits per heavy atom. The van der Waals surface area contributed by atoms with E-state index in [9.17, 15) is 0 Å². The van der Waals surface area contributed by atoms with Gasteiger partial charge in [0.15, 0.2) is 0 Å². The van der Waals surface area contributed by atoms with Crippen molar-refractivity contribution in [1.82, 2.24) is 0 Å². The molecule has 0 aliphatic rings. The molecule has 3 nitrogen and oxygen atoms in total. The lowest BCUT2D eigenvalue weighted by atomic mass is 10.2. The summed E-state index contributed by atoms with van der Waals surface area (Å²) in [6, 6.07) is 23.2. The molecule has 0 heterocycles. The Morgan fingerprint density at radius 1 is 0.913 bits per heavy atom. The molecule has 2 aromatic rings. The predicted molar refractivity (Wildman–Crippen MR) is 92.6 cm³/mol. The molecule has 122 valence electrons. The Kier molecular flexibility index (Phi) is 8.49. The van der Waals surface area contributed by atoms with Crippen LogP contribution in [-0.2, 0) is 6.54 Å². The third-order valence-electron chi connectivity index (χ3n) is 3.49. The molecule has 0 aliphatic heterocycles. The number of benzene rings is 2. The van der Waals surface area contributed by atoms with E-state index in [1.54, 1.807) is 0 Å². The topological polar surface area (TPSA) is 24.7 Å². The van der Waals surface area contributed by atoms with Crippen molar-refractivity contribution in [3.05, 3.63) is 66.2 Å². The molecule has 0 spiro atoms. The van der Waals surface area contributed by atoms with Crippen LogP contribution >= 0.6 is 0 Å². The second-order valence-electron chi connectivity index (χ2n) is 6.09. The maximum atomic E-state index is 4.25. The van der Waals surface area contributed by atoms with Gasteiger partial charge in [0.2, 0.25) is 0 Å². The molecular weight excluding hydrogens is 350 g/mol. The van der Waals surface area contributed by atoms with Crippen LogP contribution in [0.5, 0.6) is 0 Å². The van der Waals surface area contributed by atoms with Gasteiger partial charge in [0.25, 0.3) is 0 Å². The molecule has 0 aliphatic carbocycles. The Balaban J connectivity index is 0.00000264. The summed E-state index contributed by atoms with van der Waals surface area (Å²) in [4.78, 5) is 8.44. The van der Waals surface area contributed by atoms with Gasteiger partial charge in [0.1, 0.15) is 6.54 Å². The van der Waals surface area contributed by atoms with Crippen molar-refractivity contribution >= 4 is 11.7 Å². The number of hydrogen-bond donors (Lipinski definition) is 0. The van der Waals surface area contributed by atoms with Crippen LogP contribution in [0, 0.1) is 0 Å².